The minimum Gasteiger partial charge on any atom is -0.478 e. The first-order valence-electron chi connectivity index (χ1n) is 8.81. The molecule has 3 aromatic carbocycles. The Morgan fingerprint density at radius 1 is 0.966 bits per heavy atom. The number of carboxylic acids is 1. The zero-order valence-electron chi connectivity index (χ0n) is 15.1. The van der Waals surface area contributed by atoms with Crippen LogP contribution in [0.25, 0.3) is 32.9 Å². The maximum absolute atomic E-state index is 12.7. The number of imide groups is 1. The van der Waals surface area contributed by atoms with E-state index in [0.29, 0.717) is 38.0 Å². The largest absolute Gasteiger partial charge is 0.478 e. The lowest BCUT2D eigenvalue weighted by molar-refractivity contribution is 0.0696. The zero-order valence-corrected chi connectivity index (χ0v) is 15.9. The first-order valence-corrected chi connectivity index (χ1v) is 9.19. The summed E-state index contributed by atoms with van der Waals surface area (Å²) < 4.78 is 1.83. The van der Waals surface area contributed by atoms with Gasteiger partial charge in [0.2, 0.25) is 0 Å². The van der Waals surface area contributed by atoms with E-state index in [9.17, 15) is 19.5 Å². The van der Waals surface area contributed by atoms with Crippen LogP contribution >= 0.6 is 11.6 Å². The lowest BCUT2D eigenvalue weighted by Crippen LogP contribution is -2.20. The van der Waals surface area contributed by atoms with E-state index in [1.54, 1.807) is 37.4 Å². The summed E-state index contributed by atoms with van der Waals surface area (Å²) >= 11 is 6.38. The third kappa shape index (κ3) is 2.33. The third-order valence-corrected chi connectivity index (χ3v) is 5.72. The van der Waals surface area contributed by atoms with Gasteiger partial charge in [-0.05, 0) is 29.8 Å². The fourth-order valence-electron chi connectivity index (χ4n) is 4.07. The molecule has 0 saturated carbocycles. The average molecular weight is 405 g/mol. The molecule has 6 nitrogen and oxygen atoms in total. The van der Waals surface area contributed by atoms with Crippen LogP contribution in [0.3, 0.4) is 0 Å². The molecule has 7 heteroatoms. The molecule has 0 fully saturated rings. The van der Waals surface area contributed by atoms with Crippen molar-refractivity contribution in [3.05, 3.63) is 70.2 Å². The first-order chi connectivity index (χ1) is 13.9. The van der Waals surface area contributed by atoms with Crippen molar-refractivity contribution >= 4 is 51.2 Å². The monoisotopic (exact) mass is 404 g/mol. The Labute approximate surface area is 169 Å². The van der Waals surface area contributed by atoms with E-state index in [1.807, 2.05) is 16.7 Å². The summed E-state index contributed by atoms with van der Waals surface area (Å²) in [5, 5.41) is 13.5. The number of aromatic nitrogens is 1. The van der Waals surface area contributed by atoms with Gasteiger partial charge in [-0.1, -0.05) is 35.9 Å². The van der Waals surface area contributed by atoms with Crippen molar-refractivity contribution in [3.8, 4) is 11.1 Å². The summed E-state index contributed by atoms with van der Waals surface area (Å²) in [4.78, 5) is 36.8. The molecule has 0 atom stereocenters. The Kier molecular flexibility index (Phi) is 3.57. The topological polar surface area (TPSA) is 88.4 Å². The van der Waals surface area contributed by atoms with Crippen LogP contribution in [0, 0.1) is 0 Å². The second kappa shape index (κ2) is 5.93. The summed E-state index contributed by atoms with van der Waals surface area (Å²) in [5.41, 5.74) is 3.29. The van der Waals surface area contributed by atoms with Crippen molar-refractivity contribution in [3.63, 3.8) is 0 Å². The molecule has 2 heterocycles. The number of halogens is 1. The molecule has 0 spiro atoms. The van der Waals surface area contributed by atoms with Gasteiger partial charge < -0.3 is 9.67 Å². The van der Waals surface area contributed by atoms with E-state index >= 15 is 0 Å². The molecule has 0 unspecified atom stereocenters. The number of benzene rings is 3. The quantitative estimate of drug-likeness (QED) is 0.489. The normalized spacial score (nSPS) is 13.2. The number of hydrogen-bond donors (Lipinski definition) is 2. The minimum atomic E-state index is -1.04. The van der Waals surface area contributed by atoms with Crippen LogP contribution in [-0.4, -0.2) is 27.5 Å². The molecule has 2 amide bonds. The molecular formula is C22H13ClN2O4. The predicted octanol–water partition coefficient (Wildman–Crippen LogP) is 4.23. The molecule has 2 N–H and O–H groups in total. The van der Waals surface area contributed by atoms with Crippen molar-refractivity contribution in [1.29, 1.82) is 0 Å². The number of rotatable bonds is 2. The Balaban J connectivity index is 1.99. The van der Waals surface area contributed by atoms with Crippen molar-refractivity contribution in [2.24, 2.45) is 7.05 Å². The fourth-order valence-corrected chi connectivity index (χ4v) is 4.31. The molecule has 1 aromatic heterocycles. The molecule has 142 valence electrons. The van der Waals surface area contributed by atoms with Crippen molar-refractivity contribution in [2.75, 3.05) is 0 Å². The van der Waals surface area contributed by atoms with Crippen LogP contribution in [0.5, 0.6) is 0 Å². The van der Waals surface area contributed by atoms with Gasteiger partial charge >= 0.3 is 5.97 Å². The lowest BCUT2D eigenvalue weighted by Gasteiger charge is -2.10. The molecule has 0 saturated heterocycles. The maximum atomic E-state index is 12.7. The number of fused-ring (bicyclic) bond motifs is 5. The number of hydrogen-bond acceptors (Lipinski definition) is 3. The Morgan fingerprint density at radius 2 is 1.69 bits per heavy atom. The summed E-state index contributed by atoms with van der Waals surface area (Å²) in [6, 6.07) is 13.7. The summed E-state index contributed by atoms with van der Waals surface area (Å²) in [5.74, 6) is -1.98. The van der Waals surface area contributed by atoms with Gasteiger partial charge in [0.25, 0.3) is 11.8 Å². The molecule has 4 aromatic rings. The van der Waals surface area contributed by atoms with Crippen LogP contribution in [0.4, 0.5) is 0 Å². The van der Waals surface area contributed by atoms with Crippen LogP contribution < -0.4 is 5.32 Å². The number of nitrogens with zero attached hydrogens (tertiary/aromatic N) is 1. The van der Waals surface area contributed by atoms with E-state index < -0.39 is 17.8 Å². The number of amides is 2. The van der Waals surface area contributed by atoms with Gasteiger partial charge in [0.1, 0.15) is 0 Å². The van der Waals surface area contributed by atoms with Crippen molar-refractivity contribution in [1.82, 2.24) is 9.88 Å². The number of nitrogens with one attached hydrogen (secondary N) is 1. The molecule has 0 bridgehead atoms. The van der Waals surface area contributed by atoms with Gasteiger partial charge in [0, 0.05) is 33.9 Å². The van der Waals surface area contributed by atoms with Crippen LogP contribution in [0.15, 0.2) is 48.5 Å². The second-order valence-electron chi connectivity index (χ2n) is 6.93. The summed E-state index contributed by atoms with van der Waals surface area (Å²) in [6.07, 6.45) is 0. The van der Waals surface area contributed by atoms with Gasteiger partial charge in [-0.25, -0.2) is 4.79 Å². The van der Waals surface area contributed by atoms with Crippen molar-refractivity contribution in [2.45, 2.75) is 0 Å². The van der Waals surface area contributed by atoms with Crippen LogP contribution in [0.1, 0.15) is 31.1 Å². The number of aromatic carboxylic acids is 1. The Morgan fingerprint density at radius 3 is 2.41 bits per heavy atom. The Hall–Kier alpha value is -3.64. The molecule has 0 radical (unpaired) electrons. The summed E-state index contributed by atoms with van der Waals surface area (Å²) in [6.45, 7) is 0. The Bertz CT molecular complexity index is 1420. The highest BCUT2D eigenvalue weighted by atomic mass is 35.5. The minimum absolute atomic E-state index is 0.145. The van der Waals surface area contributed by atoms with Gasteiger partial charge in [-0.15, -0.1) is 0 Å². The maximum Gasteiger partial charge on any atom is 0.335 e. The van der Waals surface area contributed by atoms with E-state index in [-0.39, 0.29) is 16.7 Å². The predicted molar refractivity (Wildman–Crippen MR) is 110 cm³/mol. The molecular weight excluding hydrogens is 392 g/mol. The van der Waals surface area contributed by atoms with Crippen LogP contribution in [0.2, 0.25) is 5.02 Å². The molecule has 29 heavy (non-hydrogen) atoms. The standard InChI is InChI=1S/C22H13ClN2O4/c1-25-15-8-10(22(28)29)6-7-12(15)17-16(25)9-13(11-4-2-3-5-14(11)23)18-19(17)21(27)24-20(18)26/h2-9H,1H3,(H,28,29)(H,24,26,27). The summed E-state index contributed by atoms with van der Waals surface area (Å²) in [7, 11) is 1.80. The average Bonchev–Trinajstić information content (AvgIpc) is 3.15. The number of carboxylic acid groups (broad SMARTS) is 1. The van der Waals surface area contributed by atoms with Gasteiger partial charge in [-0.2, -0.15) is 0 Å². The SMILES string of the molecule is Cn1c2cc(C(=O)O)ccc2c2c3c(c(-c4ccccc4Cl)cc21)C(=O)NC3=O. The van der Waals surface area contributed by atoms with E-state index in [1.165, 1.54) is 6.07 Å². The van der Waals surface area contributed by atoms with Gasteiger partial charge in [0.15, 0.2) is 0 Å². The highest BCUT2D eigenvalue weighted by molar-refractivity contribution is 6.36. The number of carbonyl (C=O) groups excluding carboxylic acids is 2. The van der Waals surface area contributed by atoms with Gasteiger partial charge in [-0.3, -0.25) is 14.9 Å². The van der Waals surface area contributed by atoms with E-state index in [4.69, 9.17) is 11.6 Å². The first kappa shape index (κ1) is 17.5. The second-order valence-corrected chi connectivity index (χ2v) is 7.33. The van der Waals surface area contributed by atoms with E-state index in [2.05, 4.69) is 5.32 Å². The smallest absolute Gasteiger partial charge is 0.335 e. The van der Waals surface area contributed by atoms with Crippen LogP contribution in [-0.2, 0) is 7.05 Å². The lowest BCUT2D eigenvalue weighted by atomic mass is 9.93. The number of carbonyl (C=O) groups is 3. The molecule has 1 aliphatic rings. The van der Waals surface area contributed by atoms with E-state index in [0.717, 1.165) is 0 Å². The third-order valence-electron chi connectivity index (χ3n) is 5.39. The highest BCUT2D eigenvalue weighted by Crippen LogP contribution is 2.41. The number of aryl methyl sites for hydroxylation is 1. The molecule has 0 aliphatic carbocycles. The molecule has 5 rings (SSSR count). The zero-order chi connectivity index (χ0) is 20.4. The molecule has 1 aliphatic heterocycles. The fraction of sp³-hybridized carbons (Fsp3) is 0.0455. The van der Waals surface area contributed by atoms with Gasteiger partial charge in [0.05, 0.1) is 22.2 Å². The highest BCUT2D eigenvalue weighted by Gasteiger charge is 2.34. The van der Waals surface area contributed by atoms with Crippen molar-refractivity contribution < 1.29 is 19.5 Å².